The highest BCUT2D eigenvalue weighted by molar-refractivity contribution is 9.09. The van der Waals surface area contributed by atoms with Gasteiger partial charge in [0.25, 0.3) is 0 Å². The largest absolute Gasteiger partial charge is 0.243 e. The Kier molecular flexibility index (Phi) is 6.80. The monoisotopic (exact) mass is 367 g/mol. The summed E-state index contributed by atoms with van der Waals surface area (Å²) in [5.74, 6) is 0. The zero-order chi connectivity index (χ0) is 14.5. The van der Waals surface area contributed by atoms with Crippen molar-refractivity contribution in [3.05, 3.63) is 29.3 Å². The summed E-state index contributed by atoms with van der Waals surface area (Å²) in [6, 6.07) is 6.44. The summed E-state index contributed by atoms with van der Waals surface area (Å²) in [7, 11) is -3.49. The first-order valence-electron chi connectivity index (χ1n) is 6.30. The van der Waals surface area contributed by atoms with Crippen molar-refractivity contribution in [1.29, 1.82) is 0 Å². The fourth-order valence-electron chi connectivity index (χ4n) is 2.04. The third-order valence-electron chi connectivity index (χ3n) is 3.06. The van der Waals surface area contributed by atoms with Gasteiger partial charge in [-0.15, -0.1) is 0 Å². The molecule has 108 valence electrons. The predicted octanol–water partition coefficient (Wildman–Crippen LogP) is 3.91. The summed E-state index contributed by atoms with van der Waals surface area (Å²) >= 11 is 9.21. The van der Waals surface area contributed by atoms with Gasteiger partial charge in [0.2, 0.25) is 10.0 Å². The Morgan fingerprint density at radius 3 is 2.42 bits per heavy atom. The molecule has 0 aromatic heterocycles. The quantitative estimate of drug-likeness (QED) is 0.684. The Labute approximate surface area is 129 Å². The number of benzene rings is 1. The number of alkyl halides is 1. The molecule has 0 saturated carbocycles. The average molecular weight is 369 g/mol. The minimum absolute atomic E-state index is 0.0153. The summed E-state index contributed by atoms with van der Waals surface area (Å²) in [6.07, 6.45) is 1.59. The van der Waals surface area contributed by atoms with E-state index < -0.39 is 10.0 Å². The fourth-order valence-corrected chi connectivity index (χ4v) is 4.73. The van der Waals surface area contributed by atoms with Crippen LogP contribution in [-0.4, -0.2) is 30.6 Å². The van der Waals surface area contributed by atoms with Gasteiger partial charge < -0.3 is 0 Å². The summed E-state index contributed by atoms with van der Waals surface area (Å²) < 4.78 is 26.9. The molecule has 1 aromatic carbocycles. The Morgan fingerprint density at radius 1 is 1.32 bits per heavy atom. The SMILES string of the molecule is CCC(CC)N(CCBr)S(=O)(=O)c1cccc(Cl)c1. The number of halogens is 2. The van der Waals surface area contributed by atoms with Gasteiger partial charge in [0.15, 0.2) is 0 Å². The van der Waals surface area contributed by atoms with E-state index in [4.69, 9.17) is 11.6 Å². The van der Waals surface area contributed by atoms with Crippen LogP contribution in [0.15, 0.2) is 29.2 Å². The standard InChI is InChI=1S/C13H19BrClNO2S/c1-3-12(4-2)16(9-8-14)19(17,18)13-7-5-6-11(15)10-13/h5-7,10,12H,3-4,8-9H2,1-2H3. The molecule has 19 heavy (non-hydrogen) atoms. The molecular formula is C13H19BrClNO2S. The highest BCUT2D eigenvalue weighted by Gasteiger charge is 2.29. The van der Waals surface area contributed by atoms with E-state index in [1.165, 1.54) is 6.07 Å². The lowest BCUT2D eigenvalue weighted by molar-refractivity contribution is 0.317. The van der Waals surface area contributed by atoms with Gasteiger partial charge in [0.1, 0.15) is 0 Å². The minimum Gasteiger partial charge on any atom is -0.207 e. The summed E-state index contributed by atoms with van der Waals surface area (Å²) in [4.78, 5) is 0.257. The van der Waals surface area contributed by atoms with Gasteiger partial charge in [0.05, 0.1) is 4.90 Å². The molecule has 0 bridgehead atoms. The average Bonchev–Trinajstić information content (AvgIpc) is 2.39. The van der Waals surface area contributed by atoms with Crippen LogP contribution in [0.3, 0.4) is 0 Å². The lowest BCUT2D eigenvalue weighted by Crippen LogP contribution is -2.40. The van der Waals surface area contributed by atoms with Crippen molar-refractivity contribution in [3.8, 4) is 0 Å². The van der Waals surface area contributed by atoms with E-state index in [0.717, 1.165) is 12.8 Å². The van der Waals surface area contributed by atoms with E-state index in [-0.39, 0.29) is 10.9 Å². The van der Waals surface area contributed by atoms with Crippen LogP contribution in [0, 0.1) is 0 Å². The maximum Gasteiger partial charge on any atom is 0.243 e. The minimum atomic E-state index is -3.49. The smallest absolute Gasteiger partial charge is 0.207 e. The van der Waals surface area contributed by atoms with E-state index in [0.29, 0.717) is 16.9 Å². The van der Waals surface area contributed by atoms with E-state index in [1.54, 1.807) is 22.5 Å². The topological polar surface area (TPSA) is 37.4 Å². The molecule has 0 aliphatic carbocycles. The molecule has 0 atom stereocenters. The van der Waals surface area contributed by atoms with Gasteiger partial charge in [0, 0.05) is 22.9 Å². The van der Waals surface area contributed by atoms with Crippen LogP contribution in [0.2, 0.25) is 5.02 Å². The van der Waals surface area contributed by atoms with Crippen LogP contribution < -0.4 is 0 Å². The Bertz CT molecular complexity index is 503. The molecule has 1 rings (SSSR count). The molecule has 0 aliphatic heterocycles. The van der Waals surface area contributed by atoms with Crippen LogP contribution in [0.25, 0.3) is 0 Å². The first-order valence-corrected chi connectivity index (χ1v) is 9.24. The molecule has 0 aliphatic rings. The van der Waals surface area contributed by atoms with Gasteiger partial charge in [-0.1, -0.05) is 47.4 Å². The molecule has 0 spiro atoms. The van der Waals surface area contributed by atoms with Gasteiger partial charge in [-0.2, -0.15) is 4.31 Å². The number of nitrogens with zero attached hydrogens (tertiary/aromatic N) is 1. The van der Waals surface area contributed by atoms with E-state index in [2.05, 4.69) is 15.9 Å². The van der Waals surface area contributed by atoms with Crippen molar-refractivity contribution in [2.75, 3.05) is 11.9 Å². The summed E-state index contributed by atoms with van der Waals surface area (Å²) in [6.45, 7) is 4.47. The molecule has 0 fully saturated rings. The third-order valence-corrected chi connectivity index (χ3v) is 5.59. The molecule has 0 N–H and O–H groups in total. The van der Waals surface area contributed by atoms with Crippen LogP contribution in [-0.2, 0) is 10.0 Å². The normalized spacial score (nSPS) is 12.3. The second kappa shape index (κ2) is 7.62. The number of sulfonamides is 1. The molecule has 0 radical (unpaired) electrons. The van der Waals surface area contributed by atoms with Gasteiger partial charge in [-0.3, -0.25) is 0 Å². The molecule has 0 heterocycles. The van der Waals surface area contributed by atoms with Crippen molar-refractivity contribution < 1.29 is 8.42 Å². The number of rotatable bonds is 7. The highest BCUT2D eigenvalue weighted by atomic mass is 79.9. The Morgan fingerprint density at radius 2 is 1.95 bits per heavy atom. The zero-order valence-electron chi connectivity index (χ0n) is 11.1. The van der Waals surface area contributed by atoms with Crippen molar-refractivity contribution >= 4 is 37.6 Å². The van der Waals surface area contributed by atoms with Crippen molar-refractivity contribution in [1.82, 2.24) is 4.31 Å². The second-order valence-corrected chi connectivity index (χ2v) is 7.35. The van der Waals surface area contributed by atoms with E-state index >= 15 is 0 Å². The van der Waals surface area contributed by atoms with E-state index in [9.17, 15) is 8.42 Å². The van der Waals surface area contributed by atoms with Crippen LogP contribution in [0.1, 0.15) is 26.7 Å². The summed E-state index contributed by atoms with van der Waals surface area (Å²) in [5, 5.41) is 1.05. The molecular weight excluding hydrogens is 350 g/mol. The van der Waals surface area contributed by atoms with Crippen molar-refractivity contribution in [2.24, 2.45) is 0 Å². The van der Waals surface area contributed by atoms with Crippen LogP contribution in [0.5, 0.6) is 0 Å². The summed E-state index contributed by atoms with van der Waals surface area (Å²) in [5.41, 5.74) is 0. The fraction of sp³-hybridized carbons (Fsp3) is 0.538. The third kappa shape index (κ3) is 4.18. The molecule has 6 heteroatoms. The number of hydrogen-bond acceptors (Lipinski definition) is 2. The van der Waals surface area contributed by atoms with Crippen LogP contribution in [0.4, 0.5) is 0 Å². The Hall–Kier alpha value is -0.100. The maximum atomic E-state index is 12.7. The van der Waals surface area contributed by atoms with Gasteiger partial charge in [-0.05, 0) is 31.0 Å². The lowest BCUT2D eigenvalue weighted by atomic mass is 10.2. The lowest BCUT2D eigenvalue weighted by Gasteiger charge is -2.29. The van der Waals surface area contributed by atoms with Crippen LogP contribution >= 0.6 is 27.5 Å². The first kappa shape index (κ1) is 17.0. The molecule has 0 amide bonds. The second-order valence-electron chi connectivity index (χ2n) is 4.23. The maximum absolute atomic E-state index is 12.7. The van der Waals surface area contributed by atoms with Crippen molar-refractivity contribution in [2.45, 2.75) is 37.6 Å². The zero-order valence-corrected chi connectivity index (χ0v) is 14.3. The van der Waals surface area contributed by atoms with E-state index in [1.807, 2.05) is 13.8 Å². The molecule has 0 unspecified atom stereocenters. The molecule has 1 aromatic rings. The Balaban J connectivity index is 3.19. The molecule has 0 saturated heterocycles. The van der Waals surface area contributed by atoms with Gasteiger partial charge in [-0.25, -0.2) is 8.42 Å². The highest BCUT2D eigenvalue weighted by Crippen LogP contribution is 2.23. The first-order chi connectivity index (χ1) is 8.97. The van der Waals surface area contributed by atoms with Gasteiger partial charge >= 0.3 is 0 Å². The van der Waals surface area contributed by atoms with Crippen molar-refractivity contribution in [3.63, 3.8) is 0 Å². The number of hydrogen-bond donors (Lipinski definition) is 0. The molecule has 3 nitrogen and oxygen atoms in total. The predicted molar refractivity (Wildman–Crippen MR) is 83.5 cm³/mol.